The Morgan fingerprint density at radius 3 is 2.31 bits per heavy atom. The smallest absolute Gasteiger partial charge is 0.244 e. The van der Waals surface area contributed by atoms with Crippen LogP contribution in [0, 0.1) is 12.7 Å². The fourth-order valence-electron chi connectivity index (χ4n) is 5.37. The molecule has 1 atom stereocenters. The van der Waals surface area contributed by atoms with Crippen LogP contribution in [0.5, 0.6) is 0 Å². The summed E-state index contributed by atoms with van der Waals surface area (Å²) in [5, 5.41) is 3.48. The number of nitrogens with zero attached hydrogens (tertiary/aromatic N) is 2. The summed E-state index contributed by atoms with van der Waals surface area (Å²) in [6.07, 6.45) is 6.01. The first-order chi connectivity index (χ1) is 20.0. The lowest BCUT2D eigenvalue weighted by Crippen LogP contribution is -2.55. The zero-order valence-corrected chi connectivity index (χ0v) is 25.5. The molecule has 0 bridgehead atoms. The molecule has 1 aliphatic carbocycles. The summed E-state index contributed by atoms with van der Waals surface area (Å²) in [6, 6.07) is 19.2. The molecule has 0 spiro atoms. The number of halogens is 2. The van der Waals surface area contributed by atoms with E-state index in [2.05, 4.69) is 5.32 Å². The Labute approximate surface area is 252 Å². The molecule has 0 heterocycles. The standard InChI is InChI=1S/C32H37ClFN3O4S/c1-23-27(33)17-11-19-29(23)37(42(2,40)41)22-31(38)36(21-25-14-9-10-18-28(25)34)30(20-24-12-5-3-6-13-24)32(39)35-26-15-7-4-8-16-26/h3,5-6,9-14,17-19,26,30H,4,7-8,15-16,20-22H2,1-2H3,(H,35,39)/t30-/m1/s1. The van der Waals surface area contributed by atoms with Gasteiger partial charge in [-0.1, -0.05) is 85.5 Å². The molecular formula is C32H37ClFN3O4S. The number of carbonyl (C=O) groups excluding carboxylic acids is 2. The monoisotopic (exact) mass is 613 g/mol. The van der Waals surface area contributed by atoms with Gasteiger partial charge in [-0.3, -0.25) is 13.9 Å². The second-order valence-electron chi connectivity index (χ2n) is 10.8. The molecule has 0 unspecified atom stereocenters. The lowest BCUT2D eigenvalue weighted by atomic mass is 9.94. The third kappa shape index (κ3) is 8.10. The second kappa shape index (κ2) is 14.2. The van der Waals surface area contributed by atoms with Gasteiger partial charge in [0.05, 0.1) is 11.9 Å². The summed E-state index contributed by atoms with van der Waals surface area (Å²) < 4.78 is 41.9. The quantitative estimate of drug-likeness (QED) is 0.303. The summed E-state index contributed by atoms with van der Waals surface area (Å²) in [5.41, 5.74) is 1.79. The van der Waals surface area contributed by atoms with Crippen molar-refractivity contribution in [2.75, 3.05) is 17.1 Å². The first kappa shape index (κ1) is 31.5. The maximum atomic E-state index is 14.9. The van der Waals surface area contributed by atoms with Gasteiger partial charge in [0.15, 0.2) is 0 Å². The van der Waals surface area contributed by atoms with Gasteiger partial charge in [-0.2, -0.15) is 0 Å². The highest BCUT2D eigenvalue weighted by atomic mass is 35.5. The van der Waals surface area contributed by atoms with Gasteiger partial charge in [0.1, 0.15) is 18.4 Å². The zero-order chi connectivity index (χ0) is 30.3. The van der Waals surface area contributed by atoms with E-state index in [0.717, 1.165) is 48.2 Å². The topological polar surface area (TPSA) is 86.8 Å². The van der Waals surface area contributed by atoms with Crippen LogP contribution in [-0.4, -0.2) is 50.0 Å². The van der Waals surface area contributed by atoms with Gasteiger partial charge in [0.25, 0.3) is 0 Å². The number of rotatable bonds is 11. The Morgan fingerprint density at radius 1 is 0.976 bits per heavy atom. The van der Waals surface area contributed by atoms with Crippen LogP contribution < -0.4 is 9.62 Å². The van der Waals surface area contributed by atoms with E-state index in [9.17, 15) is 22.4 Å². The predicted molar refractivity (Wildman–Crippen MR) is 164 cm³/mol. The second-order valence-corrected chi connectivity index (χ2v) is 13.1. The summed E-state index contributed by atoms with van der Waals surface area (Å²) in [6.45, 7) is 0.872. The van der Waals surface area contributed by atoms with Crippen LogP contribution in [-0.2, 0) is 32.6 Å². The van der Waals surface area contributed by atoms with Crippen LogP contribution in [0.15, 0.2) is 72.8 Å². The average Bonchev–Trinajstić information content (AvgIpc) is 2.96. The molecule has 1 N–H and O–H groups in total. The molecule has 224 valence electrons. The maximum absolute atomic E-state index is 14.9. The van der Waals surface area contributed by atoms with Crippen molar-refractivity contribution in [1.29, 1.82) is 0 Å². The van der Waals surface area contributed by atoms with Crippen molar-refractivity contribution in [2.45, 2.75) is 64.1 Å². The summed E-state index contributed by atoms with van der Waals surface area (Å²) in [5.74, 6) is -1.50. The molecule has 0 aromatic heterocycles. The Hall–Kier alpha value is -3.43. The fourth-order valence-corrected chi connectivity index (χ4v) is 6.44. The molecule has 3 aromatic carbocycles. The largest absolute Gasteiger partial charge is 0.352 e. The Morgan fingerprint density at radius 2 is 1.64 bits per heavy atom. The minimum absolute atomic E-state index is 0.0171. The summed E-state index contributed by atoms with van der Waals surface area (Å²) in [7, 11) is -3.94. The van der Waals surface area contributed by atoms with Crippen molar-refractivity contribution in [3.05, 3.63) is 100 Å². The molecule has 7 nitrogen and oxygen atoms in total. The molecule has 1 aliphatic rings. The number of amides is 2. The maximum Gasteiger partial charge on any atom is 0.244 e. The normalized spacial score (nSPS) is 14.7. The van der Waals surface area contributed by atoms with E-state index >= 15 is 0 Å². The predicted octanol–water partition coefficient (Wildman–Crippen LogP) is 5.64. The third-order valence-electron chi connectivity index (χ3n) is 7.71. The highest BCUT2D eigenvalue weighted by Gasteiger charge is 2.34. The molecule has 1 fully saturated rings. The van der Waals surface area contributed by atoms with Crippen LogP contribution in [0.4, 0.5) is 10.1 Å². The van der Waals surface area contributed by atoms with Crippen LogP contribution in [0.25, 0.3) is 0 Å². The minimum Gasteiger partial charge on any atom is -0.352 e. The number of benzene rings is 3. The van der Waals surface area contributed by atoms with E-state index in [4.69, 9.17) is 11.6 Å². The van der Waals surface area contributed by atoms with Crippen molar-refractivity contribution in [3.63, 3.8) is 0 Å². The van der Waals surface area contributed by atoms with Crippen LogP contribution in [0.1, 0.15) is 48.8 Å². The Kier molecular flexibility index (Phi) is 10.6. The third-order valence-corrected chi connectivity index (χ3v) is 9.24. The van der Waals surface area contributed by atoms with Crippen molar-refractivity contribution < 1.29 is 22.4 Å². The van der Waals surface area contributed by atoms with Crippen LogP contribution in [0.2, 0.25) is 5.02 Å². The lowest BCUT2D eigenvalue weighted by Gasteiger charge is -2.35. The number of nitrogens with one attached hydrogen (secondary N) is 1. The number of sulfonamides is 1. The first-order valence-corrected chi connectivity index (χ1v) is 16.4. The van der Waals surface area contributed by atoms with E-state index in [1.807, 2.05) is 30.3 Å². The van der Waals surface area contributed by atoms with Crippen molar-refractivity contribution in [2.24, 2.45) is 0 Å². The summed E-state index contributed by atoms with van der Waals surface area (Å²) >= 11 is 6.30. The molecular weight excluding hydrogens is 577 g/mol. The van der Waals surface area contributed by atoms with Crippen molar-refractivity contribution in [3.8, 4) is 0 Å². The lowest BCUT2D eigenvalue weighted by molar-refractivity contribution is -0.140. The van der Waals surface area contributed by atoms with Crippen molar-refractivity contribution >= 4 is 39.1 Å². The van der Waals surface area contributed by atoms with E-state index in [0.29, 0.717) is 10.6 Å². The molecule has 4 rings (SSSR count). The van der Waals surface area contributed by atoms with E-state index in [1.54, 1.807) is 43.3 Å². The van der Waals surface area contributed by atoms with Gasteiger partial charge >= 0.3 is 0 Å². The number of hydrogen-bond acceptors (Lipinski definition) is 4. The molecule has 3 aromatic rings. The molecule has 1 saturated carbocycles. The van der Waals surface area contributed by atoms with Gasteiger partial charge in [-0.05, 0) is 49.1 Å². The molecule has 10 heteroatoms. The van der Waals surface area contributed by atoms with E-state index in [-0.39, 0.29) is 36.2 Å². The molecule has 2 amide bonds. The SMILES string of the molecule is Cc1c(Cl)cccc1N(CC(=O)N(Cc1ccccc1F)[C@H](Cc1ccccc1)C(=O)NC1CCCCC1)S(C)(=O)=O. The summed E-state index contributed by atoms with van der Waals surface area (Å²) in [4.78, 5) is 29.4. The van der Waals surface area contributed by atoms with Gasteiger partial charge in [-0.25, -0.2) is 12.8 Å². The van der Waals surface area contributed by atoms with Gasteiger partial charge in [0, 0.05) is 29.6 Å². The van der Waals surface area contributed by atoms with Gasteiger partial charge in [-0.15, -0.1) is 0 Å². The van der Waals surface area contributed by atoms with Gasteiger partial charge < -0.3 is 10.2 Å². The average molecular weight is 614 g/mol. The molecule has 0 saturated heterocycles. The van der Waals surface area contributed by atoms with Crippen molar-refractivity contribution in [1.82, 2.24) is 10.2 Å². The fraction of sp³-hybridized carbons (Fsp3) is 0.375. The van der Waals surface area contributed by atoms with E-state index in [1.165, 1.54) is 11.0 Å². The first-order valence-electron chi connectivity index (χ1n) is 14.1. The molecule has 42 heavy (non-hydrogen) atoms. The number of hydrogen-bond donors (Lipinski definition) is 1. The molecule has 0 aliphatic heterocycles. The van der Waals surface area contributed by atoms with Crippen LogP contribution in [0.3, 0.4) is 0 Å². The van der Waals surface area contributed by atoms with Gasteiger partial charge in [0.2, 0.25) is 21.8 Å². The number of anilines is 1. The van der Waals surface area contributed by atoms with Crippen LogP contribution >= 0.6 is 11.6 Å². The Balaban J connectivity index is 1.75. The zero-order valence-electron chi connectivity index (χ0n) is 23.9. The highest BCUT2D eigenvalue weighted by Crippen LogP contribution is 2.29. The van der Waals surface area contributed by atoms with E-state index < -0.39 is 34.3 Å². The highest BCUT2D eigenvalue weighted by molar-refractivity contribution is 7.92. The number of carbonyl (C=O) groups is 2. The molecule has 0 radical (unpaired) electrons. The Bertz CT molecular complexity index is 1500. The minimum atomic E-state index is -3.94.